The van der Waals surface area contributed by atoms with E-state index in [9.17, 15) is 9.59 Å². The fourth-order valence-corrected chi connectivity index (χ4v) is 3.05. The number of fused-ring (bicyclic) bond motifs is 1. The largest absolute Gasteiger partial charge is 0.497 e. The number of esters is 1. The third-order valence-corrected chi connectivity index (χ3v) is 4.59. The highest BCUT2D eigenvalue weighted by atomic mass is 79.9. The van der Waals surface area contributed by atoms with Gasteiger partial charge in [-0.1, -0.05) is 0 Å². The van der Waals surface area contributed by atoms with Gasteiger partial charge in [0.25, 0.3) is 0 Å². The van der Waals surface area contributed by atoms with Crippen LogP contribution in [0.4, 0.5) is 0 Å². The van der Waals surface area contributed by atoms with Crippen LogP contribution in [0.5, 0.6) is 23.0 Å². The molecule has 0 spiro atoms. The Hall–Kier alpha value is -3.65. The summed E-state index contributed by atoms with van der Waals surface area (Å²) in [6, 6.07) is 12.9. The summed E-state index contributed by atoms with van der Waals surface area (Å²) in [5.41, 5.74) is 0.204. The van der Waals surface area contributed by atoms with Crippen LogP contribution in [-0.4, -0.2) is 18.1 Å². The minimum Gasteiger partial charge on any atom is -0.497 e. The molecule has 0 saturated heterocycles. The third kappa shape index (κ3) is 4.18. The minimum absolute atomic E-state index is 0.0395. The van der Waals surface area contributed by atoms with Gasteiger partial charge in [-0.15, -0.1) is 0 Å². The zero-order valence-corrected chi connectivity index (χ0v) is 17.2. The monoisotopic (exact) mass is 467 g/mol. The van der Waals surface area contributed by atoms with Crippen molar-refractivity contribution in [3.05, 3.63) is 87.4 Å². The van der Waals surface area contributed by atoms with Crippen molar-refractivity contribution in [3.8, 4) is 23.0 Å². The zero-order valence-electron chi connectivity index (χ0n) is 15.6. The summed E-state index contributed by atoms with van der Waals surface area (Å²) in [7, 11) is 1.56. The van der Waals surface area contributed by atoms with Crippen LogP contribution in [0.15, 0.2) is 80.9 Å². The normalized spacial score (nSPS) is 10.6. The van der Waals surface area contributed by atoms with Crippen molar-refractivity contribution in [2.75, 3.05) is 7.11 Å². The Morgan fingerprint density at radius 2 is 1.73 bits per heavy atom. The predicted molar refractivity (Wildman–Crippen MR) is 112 cm³/mol. The molecule has 150 valence electrons. The fraction of sp³-hybridized carbons (Fsp3) is 0.0455. The number of nitrogens with zero attached hydrogens (tertiary/aromatic N) is 1. The van der Waals surface area contributed by atoms with Gasteiger partial charge >= 0.3 is 5.97 Å². The number of halogens is 1. The van der Waals surface area contributed by atoms with Gasteiger partial charge in [0.15, 0.2) is 0 Å². The first kappa shape index (κ1) is 19.7. The molecule has 0 amide bonds. The maximum atomic E-state index is 12.7. The summed E-state index contributed by atoms with van der Waals surface area (Å²) >= 11 is 3.26. The molecule has 2 aromatic carbocycles. The Morgan fingerprint density at radius 3 is 2.47 bits per heavy atom. The number of rotatable bonds is 5. The van der Waals surface area contributed by atoms with E-state index in [0.717, 1.165) is 0 Å². The summed E-state index contributed by atoms with van der Waals surface area (Å²) in [6.07, 6.45) is 4.18. The molecular weight excluding hydrogens is 454 g/mol. The number of pyridine rings is 1. The van der Waals surface area contributed by atoms with Crippen molar-refractivity contribution in [2.24, 2.45) is 0 Å². The number of methoxy groups -OCH3 is 1. The molecule has 0 unspecified atom stereocenters. The maximum absolute atomic E-state index is 12.7. The maximum Gasteiger partial charge on any atom is 0.345 e. The van der Waals surface area contributed by atoms with E-state index in [4.69, 9.17) is 18.6 Å². The molecule has 7 nitrogen and oxygen atoms in total. The first-order chi connectivity index (χ1) is 14.5. The molecule has 0 aliphatic carbocycles. The molecule has 0 aliphatic heterocycles. The zero-order chi connectivity index (χ0) is 21.1. The van der Waals surface area contributed by atoms with Gasteiger partial charge in [-0.05, 0) is 58.4 Å². The van der Waals surface area contributed by atoms with E-state index in [2.05, 4.69) is 20.9 Å². The fourth-order valence-electron chi connectivity index (χ4n) is 2.69. The first-order valence-electron chi connectivity index (χ1n) is 8.74. The van der Waals surface area contributed by atoms with Gasteiger partial charge in [-0.25, -0.2) is 4.79 Å². The smallest absolute Gasteiger partial charge is 0.345 e. The first-order valence-corrected chi connectivity index (χ1v) is 9.53. The average molecular weight is 468 g/mol. The standard InChI is InChI=1S/C22H14BrNO6/c1-27-15-2-4-16(5-3-15)29-20-12-28-19-9-17(6-7-18(19)21(20)25)30-22(26)13-8-14(23)11-24-10-13/h2-12H,1H3. The van der Waals surface area contributed by atoms with Gasteiger partial charge in [0.05, 0.1) is 18.1 Å². The van der Waals surface area contributed by atoms with Crippen molar-refractivity contribution in [1.29, 1.82) is 0 Å². The number of ether oxygens (including phenoxy) is 3. The lowest BCUT2D eigenvalue weighted by Gasteiger charge is -2.08. The van der Waals surface area contributed by atoms with Gasteiger partial charge in [-0.3, -0.25) is 9.78 Å². The predicted octanol–water partition coefficient (Wildman–Crippen LogP) is 4.97. The molecule has 30 heavy (non-hydrogen) atoms. The van der Waals surface area contributed by atoms with E-state index in [1.54, 1.807) is 43.6 Å². The van der Waals surface area contributed by atoms with E-state index in [0.29, 0.717) is 21.4 Å². The second kappa shape index (κ2) is 8.38. The van der Waals surface area contributed by atoms with Crippen LogP contribution >= 0.6 is 15.9 Å². The van der Waals surface area contributed by atoms with E-state index in [1.807, 2.05) is 0 Å². The van der Waals surface area contributed by atoms with Gasteiger partial charge in [0.1, 0.15) is 29.1 Å². The topological polar surface area (TPSA) is 87.9 Å². The molecular formula is C22H14BrNO6. The SMILES string of the molecule is COc1ccc(Oc2coc3cc(OC(=O)c4cncc(Br)c4)ccc3c2=O)cc1. The molecule has 0 radical (unpaired) electrons. The number of benzene rings is 2. The van der Waals surface area contributed by atoms with Crippen LogP contribution in [0.3, 0.4) is 0 Å². The van der Waals surface area contributed by atoms with Crippen LogP contribution in [0.2, 0.25) is 0 Å². The van der Waals surface area contributed by atoms with Crippen LogP contribution < -0.4 is 19.6 Å². The Bertz CT molecular complexity index is 1280. The number of aromatic nitrogens is 1. The van der Waals surface area contributed by atoms with Gasteiger partial charge in [0, 0.05) is 22.9 Å². The molecule has 4 aromatic rings. The number of carbonyl (C=O) groups excluding carboxylic acids is 1. The molecule has 2 aromatic heterocycles. The number of hydrogen-bond acceptors (Lipinski definition) is 7. The average Bonchev–Trinajstić information content (AvgIpc) is 2.76. The molecule has 4 rings (SSSR count). The van der Waals surface area contributed by atoms with Gasteiger partial charge < -0.3 is 18.6 Å². The lowest BCUT2D eigenvalue weighted by atomic mass is 10.2. The summed E-state index contributed by atoms with van der Waals surface area (Å²) in [4.78, 5) is 28.9. The van der Waals surface area contributed by atoms with Crippen LogP contribution in [0.25, 0.3) is 11.0 Å². The highest BCUT2D eigenvalue weighted by molar-refractivity contribution is 9.10. The number of carbonyl (C=O) groups is 1. The molecule has 0 atom stereocenters. The van der Waals surface area contributed by atoms with Crippen molar-refractivity contribution in [2.45, 2.75) is 0 Å². The molecule has 0 bridgehead atoms. The highest BCUT2D eigenvalue weighted by Gasteiger charge is 2.13. The molecule has 0 aliphatic rings. The van der Waals surface area contributed by atoms with Crippen molar-refractivity contribution >= 4 is 32.9 Å². The van der Waals surface area contributed by atoms with Crippen molar-refractivity contribution < 1.29 is 23.4 Å². The van der Waals surface area contributed by atoms with Crippen LogP contribution in [0.1, 0.15) is 10.4 Å². The minimum atomic E-state index is -0.579. The molecule has 0 N–H and O–H groups in total. The van der Waals surface area contributed by atoms with Gasteiger partial charge in [-0.2, -0.15) is 0 Å². The summed E-state index contributed by atoms with van der Waals surface area (Å²) in [6.45, 7) is 0. The van der Waals surface area contributed by atoms with E-state index in [-0.39, 0.29) is 28.1 Å². The Morgan fingerprint density at radius 1 is 1.00 bits per heavy atom. The van der Waals surface area contributed by atoms with Gasteiger partial charge in [0.2, 0.25) is 11.2 Å². The van der Waals surface area contributed by atoms with E-state index < -0.39 is 5.97 Å². The molecule has 0 saturated carbocycles. The Labute approximate surface area is 179 Å². The quantitative estimate of drug-likeness (QED) is 0.302. The lowest BCUT2D eigenvalue weighted by Crippen LogP contribution is -2.09. The van der Waals surface area contributed by atoms with E-state index >= 15 is 0 Å². The van der Waals surface area contributed by atoms with Crippen LogP contribution in [-0.2, 0) is 0 Å². The van der Waals surface area contributed by atoms with E-state index in [1.165, 1.54) is 30.7 Å². The lowest BCUT2D eigenvalue weighted by molar-refractivity contribution is 0.0734. The molecule has 8 heteroatoms. The Kier molecular flexibility index (Phi) is 5.49. The second-order valence-electron chi connectivity index (χ2n) is 6.15. The highest BCUT2D eigenvalue weighted by Crippen LogP contribution is 2.25. The summed E-state index contributed by atoms with van der Waals surface area (Å²) < 4.78 is 22.2. The van der Waals surface area contributed by atoms with Crippen molar-refractivity contribution in [1.82, 2.24) is 4.98 Å². The Balaban J connectivity index is 1.57. The summed E-state index contributed by atoms with van der Waals surface area (Å²) in [5, 5.41) is 0.296. The summed E-state index contributed by atoms with van der Waals surface area (Å²) in [5.74, 6) is 0.839. The third-order valence-electron chi connectivity index (χ3n) is 4.15. The number of hydrogen-bond donors (Lipinski definition) is 0. The second-order valence-corrected chi connectivity index (χ2v) is 7.06. The van der Waals surface area contributed by atoms with Crippen molar-refractivity contribution in [3.63, 3.8) is 0 Å². The molecule has 2 heterocycles. The molecule has 0 fully saturated rings. The van der Waals surface area contributed by atoms with Crippen LogP contribution in [0, 0.1) is 0 Å².